The molecule has 0 atom stereocenters. The fourth-order valence-electron chi connectivity index (χ4n) is 3.24. The van der Waals surface area contributed by atoms with Crippen LogP contribution in [0.25, 0.3) is 10.2 Å². The van der Waals surface area contributed by atoms with E-state index in [1.54, 1.807) is 54.6 Å². The van der Waals surface area contributed by atoms with Crippen LogP contribution in [0.4, 0.5) is 21.3 Å². The molecule has 0 bridgehead atoms. The van der Waals surface area contributed by atoms with Crippen LogP contribution in [0.15, 0.2) is 71.6 Å². The summed E-state index contributed by atoms with van der Waals surface area (Å²) < 4.78 is 39.3. The average Bonchev–Trinajstić information content (AvgIpc) is 3.20. The normalized spacial score (nSPS) is 12.8. The lowest BCUT2D eigenvalue weighted by atomic mass is 10.2. The zero-order chi connectivity index (χ0) is 22.8. The number of carbonyl (C=O) groups is 1. The van der Waals surface area contributed by atoms with E-state index in [1.807, 2.05) is 0 Å². The van der Waals surface area contributed by atoms with Crippen LogP contribution >= 0.6 is 11.3 Å². The molecule has 0 fully saturated rings. The van der Waals surface area contributed by atoms with E-state index in [9.17, 15) is 13.2 Å². The number of nitrogens with zero attached hydrogens (tertiary/aromatic N) is 1. The van der Waals surface area contributed by atoms with E-state index in [4.69, 9.17) is 9.47 Å². The Morgan fingerprint density at radius 3 is 2.36 bits per heavy atom. The van der Waals surface area contributed by atoms with Crippen molar-refractivity contribution in [2.24, 2.45) is 0 Å². The van der Waals surface area contributed by atoms with Crippen LogP contribution in [0.3, 0.4) is 0 Å². The van der Waals surface area contributed by atoms with Gasteiger partial charge in [-0.25, -0.2) is 18.2 Å². The molecule has 0 spiro atoms. The van der Waals surface area contributed by atoms with Gasteiger partial charge >= 0.3 is 6.03 Å². The molecule has 0 saturated carbocycles. The maximum atomic E-state index is 12.5. The van der Waals surface area contributed by atoms with Crippen molar-refractivity contribution in [2.45, 2.75) is 4.90 Å². The lowest BCUT2D eigenvalue weighted by molar-refractivity contribution is 0.171. The van der Waals surface area contributed by atoms with Crippen molar-refractivity contribution in [1.29, 1.82) is 0 Å². The zero-order valence-corrected chi connectivity index (χ0v) is 18.7. The van der Waals surface area contributed by atoms with E-state index in [-0.39, 0.29) is 10.0 Å². The summed E-state index contributed by atoms with van der Waals surface area (Å²) >= 11 is 1.21. The second kappa shape index (κ2) is 8.60. The summed E-state index contributed by atoms with van der Waals surface area (Å²) in [6.07, 6.45) is 0. The third-order valence-corrected chi connectivity index (χ3v) is 7.16. The molecule has 11 heteroatoms. The fraction of sp³-hybridized carbons (Fsp3) is 0.0909. The standard InChI is InChI=1S/C22H18N4O5S2/c27-21(24-15-6-8-18-19(13-15)31-11-10-30-18)23-14-7-9-20-17(12-14)25-22(32-20)26-33(28,29)16-4-2-1-3-5-16/h1-9,12-13H,10-11H2,(H,25,26)(H2,23,24,27). The maximum absolute atomic E-state index is 12.5. The van der Waals surface area contributed by atoms with E-state index in [0.717, 1.165) is 4.70 Å². The van der Waals surface area contributed by atoms with Crippen molar-refractivity contribution >= 4 is 54.1 Å². The summed E-state index contributed by atoms with van der Waals surface area (Å²) in [4.78, 5) is 16.9. The number of fused-ring (bicyclic) bond motifs is 2. The zero-order valence-electron chi connectivity index (χ0n) is 17.1. The van der Waals surface area contributed by atoms with Gasteiger partial charge in [0.15, 0.2) is 16.6 Å². The Labute approximate surface area is 193 Å². The first-order valence-corrected chi connectivity index (χ1v) is 12.2. The highest BCUT2D eigenvalue weighted by molar-refractivity contribution is 7.93. The van der Waals surface area contributed by atoms with Crippen molar-refractivity contribution in [3.63, 3.8) is 0 Å². The molecule has 0 saturated heterocycles. The van der Waals surface area contributed by atoms with Gasteiger partial charge in [0.2, 0.25) is 0 Å². The fourth-order valence-corrected chi connectivity index (χ4v) is 5.34. The number of sulfonamides is 1. The van der Waals surface area contributed by atoms with Crippen LogP contribution in [-0.4, -0.2) is 32.6 Å². The second-order valence-corrected chi connectivity index (χ2v) is 9.77. The highest BCUT2D eigenvalue weighted by atomic mass is 32.2. The maximum Gasteiger partial charge on any atom is 0.323 e. The first-order chi connectivity index (χ1) is 16.0. The van der Waals surface area contributed by atoms with Crippen LogP contribution in [0, 0.1) is 0 Å². The summed E-state index contributed by atoms with van der Waals surface area (Å²) in [6, 6.07) is 18.0. The minimum absolute atomic E-state index is 0.155. The average molecular weight is 483 g/mol. The molecule has 1 aliphatic rings. The first kappa shape index (κ1) is 21.0. The molecule has 2 heterocycles. The first-order valence-electron chi connectivity index (χ1n) is 9.92. The van der Waals surface area contributed by atoms with Crippen LogP contribution in [0.1, 0.15) is 0 Å². The molecule has 33 heavy (non-hydrogen) atoms. The SMILES string of the molecule is O=C(Nc1ccc2c(c1)OCCO2)Nc1ccc2sc(NS(=O)(=O)c3ccccc3)nc2c1. The number of hydrogen-bond acceptors (Lipinski definition) is 7. The summed E-state index contributed by atoms with van der Waals surface area (Å²) in [5.74, 6) is 1.22. The molecule has 0 aliphatic carbocycles. The van der Waals surface area contributed by atoms with Crippen molar-refractivity contribution in [3.8, 4) is 11.5 Å². The van der Waals surface area contributed by atoms with E-state index >= 15 is 0 Å². The predicted molar refractivity (Wildman–Crippen MR) is 127 cm³/mol. The lowest BCUT2D eigenvalue weighted by Gasteiger charge is -2.19. The number of rotatable bonds is 5. The number of nitrogens with one attached hydrogen (secondary N) is 3. The van der Waals surface area contributed by atoms with Gasteiger partial charge in [0, 0.05) is 17.4 Å². The molecule has 1 aromatic heterocycles. The molecule has 2 amide bonds. The molecular formula is C22H18N4O5S2. The third kappa shape index (κ3) is 4.69. The number of aromatic nitrogens is 1. The molecule has 1 aliphatic heterocycles. The van der Waals surface area contributed by atoms with Crippen molar-refractivity contribution in [2.75, 3.05) is 28.6 Å². The third-order valence-electron chi connectivity index (χ3n) is 4.72. The van der Waals surface area contributed by atoms with Gasteiger partial charge in [0.05, 0.1) is 15.1 Å². The van der Waals surface area contributed by atoms with Crippen LogP contribution in [0.2, 0.25) is 0 Å². The second-order valence-electron chi connectivity index (χ2n) is 7.06. The number of anilines is 3. The topological polar surface area (TPSA) is 119 Å². The molecule has 3 aromatic carbocycles. The smallest absolute Gasteiger partial charge is 0.323 e. The van der Waals surface area contributed by atoms with Crippen molar-refractivity contribution in [1.82, 2.24) is 4.98 Å². The molecule has 5 rings (SSSR count). The van der Waals surface area contributed by atoms with Gasteiger partial charge in [0.1, 0.15) is 13.2 Å². The van der Waals surface area contributed by atoms with Crippen LogP contribution in [-0.2, 0) is 10.0 Å². The number of benzene rings is 3. The van der Waals surface area contributed by atoms with Gasteiger partial charge < -0.3 is 20.1 Å². The lowest BCUT2D eigenvalue weighted by Crippen LogP contribution is -2.20. The largest absolute Gasteiger partial charge is 0.486 e. The van der Waals surface area contributed by atoms with Gasteiger partial charge in [-0.1, -0.05) is 29.5 Å². The molecular weight excluding hydrogens is 464 g/mol. The van der Waals surface area contributed by atoms with E-state index in [1.165, 1.54) is 23.5 Å². The Bertz CT molecular complexity index is 1440. The predicted octanol–water partition coefficient (Wildman–Crippen LogP) is 4.51. The molecule has 9 nitrogen and oxygen atoms in total. The quantitative estimate of drug-likeness (QED) is 0.385. The number of thiazole rings is 1. The Hall–Kier alpha value is -3.83. The van der Waals surface area contributed by atoms with Gasteiger partial charge in [-0.15, -0.1) is 0 Å². The van der Waals surface area contributed by atoms with Gasteiger partial charge in [-0.3, -0.25) is 4.72 Å². The van der Waals surface area contributed by atoms with Gasteiger partial charge in [-0.2, -0.15) is 0 Å². The number of ether oxygens (including phenoxy) is 2. The molecule has 4 aromatic rings. The van der Waals surface area contributed by atoms with Crippen molar-refractivity contribution in [3.05, 3.63) is 66.7 Å². The summed E-state index contributed by atoms with van der Waals surface area (Å²) in [7, 11) is -3.73. The molecule has 3 N–H and O–H groups in total. The van der Waals surface area contributed by atoms with E-state index in [2.05, 4.69) is 20.3 Å². The van der Waals surface area contributed by atoms with Crippen LogP contribution < -0.4 is 24.8 Å². The minimum Gasteiger partial charge on any atom is -0.486 e. The Morgan fingerprint density at radius 1 is 0.879 bits per heavy atom. The van der Waals surface area contributed by atoms with Crippen LogP contribution in [0.5, 0.6) is 11.5 Å². The molecule has 0 radical (unpaired) electrons. The van der Waals surface area contributed by atoms with E-state index in [0.29, 0.717) is 41.6 Å². The Kier molecular flexibility index (Phi) is 5.48. The highest BCUT2D eigenvalue weighted by Gasteiger charge is 2.17. The van der Waals surface area contributed by atoms with E-state index < -0.39 is 16.1 Å². The summed E-state index contributed by atoms with van der Waals surface area (Å²) in [6.45, 7) is 0.953. The Morgan fingerprint density at radius 2 is 1.58 bits per heavy atom. The molecule has 0 unspecified atom stereocenters. The number of carbonyl (C=O) groups excluding carboxylic acids is 1. The highest BCUT2D eigenvalue weighted by Crippen LogP contribution is 2.33. The summed E-state index contributed by atoms with van der Waals surface area (Å²) in [5, 5.41) is 5.74. The number of urea groups is 1. The monoisotopic (exact) mass is 482 g/mol. The summed E-state index contributed by atoms with van der Waals surface area (Å²) in [5.41, 5.74) is 1.63. The molecule has 168 valence electrons. The number of amides is 2. The van der Waals surface area contributed by atoms with Gasteiger partial charge in [0.25, 0.3) is 10.0 Å². The minimum atomic E-state index is -3.73. The van der Waals surface area contributed by atoms with Gasteiger partial charge in [-0.05, 0) is 42.5 Å². The Balaban J connectivity index is 1.28. The number of hydrogen-bond donors (Lipinski definition) is 3. The van der Waals surface area contributed by atoms with Crippen molar-refractivity contribution < 1.29 is 22.7 Å².